The molecule has 0 radical (unpaired) electrons. The monoisotopic (exact) mass is 510 g/mol. The number of hydrogen-bond donors (Lipinski definition) is 0. The second kappa shape index (κ2) is 8.72. The van der Waals surface area contributed by atoms with Crippen LogP contribution in [0.4, 0.5) is 0 Å². The minimum atomic E-state index is -0.623. The van der Waals surface area contributed by atoms with Gasteiger partial charge in [0.2, 0.25) is 0 Å². The van der Waals surface area contributed by atoms with Crippen molar-refractivity contribution in [1.29, 1.82) is 0 Å². The van der Waals surface area contributed by atoms with Crippen molar-refractivity contribution >= 4 is 43.5 Å². The minimum absolute atomic E-state index is 0.0507. The van der Waals surface area contributed by atoms with Crippen LogP contribution in [0.25, 0.3) is 76.9 Å². The molecular weight excluding hydrogens is 472 g/mol. The summed E-state index contributed by atoms with van der Waals surface area (Å²) >= 11 is 0. The number of benzene rings is 7. The Balaban J connectivity index is 1.79. The maximum Gasteiger partial charge on any atom is 0.136 e. The first-order valence-electron chi connectivity index (χ1n) is 19.2. The molecule has 0 fully saturated rings. The molecule has 0 saturated heterocycles. The van der Waals surface area contributed by atoms with Crippen LogP contribution in [0.1, 0.15) is 19.2 Å². The van der Waals surface area contributed by atoms with E-state index >= 15 is 0 Å². The molecule has 182 valence electrons. The zero-order chi connectivity index (χ0) is 37.9. The molecular formula is C38H24O. The summed E-state index contributed by atoms with van der Waals surface area (Å²) in [7, 11) is 0. The molecule has 39 heavy (non-hydrogen) atoms. The van der Waals surface area contributed by atoms with E-state index in [2.05, 4.69) is 0 Å². The van der Waals surface area contributed by atoms with Gasteiger partial charge in [-0.1, -0.05) is 133 Å². The Morgan fingerprint density at radius 3 is 1.72 bits per heavy atom. The maximum absolute atomic E-state index is 9.40. The molecule has 0 bridgehead atoms. The van der Waals surface area contributed by atoms with Gasteiger partial charge in [-0.05, 0) is 61.5 Å². The van der Waals surface area contributed by atoms with Crippen LogP contribution in [0.3, 0.4) is 0 Å². The average Bonchev–Trinajstić information content (AvgIpc) is 3.54. The van der Waals surface area contributed by atoms with E-state index in [-0.39, 0.29) is 61.0 Å². The maximum atomic E-state index is 9.40. The van der Waals surface area contributed by atoms with E-state index < -0.39 is 78.6 Å². The predicted octanol–water partition coefficient (Wildman–Crippen LogP) is 10.9. The van der Waals surface area contributed by atoms with Crippen molar-refractivity contribution in [3.63, 3.8) is 0 Å². The van der Waals surface area contributed by atoms with Crippen LogP contribution >= 0.6 is 0 Å². The first kappa shape index (κ1) is 12.1. The molecule has 0 aliphatic heterocycles. The summed E-state index contributed by atoms with van der Waals surface area (Å²) in [5.41, 5.74) is 0.951. The third kappa shape index (κ3) is 3.34. The van der Waals surface area contributed by atoms with Crippen molar-refractivity contribution in [3.8, 4) is 33.4 Å². The molecule has 8 rings (SSSR count). The van der Waals surface area contributed by atoms with Crippen LogP contribution in [0.15, 0.2) is 150 Å². The normalized spacial score (nSPS) is 16.6. The van der Waals surface area contributed by atoms with Gasteiger partial charge >= 0.3 is 0 Å². The van der Waals surface area contributed by atoms with Gasteiger partial charge in [-0.2, -0.15) is 0 Å². The summed E-state index contributed by atoms with van der Waals surface area (Å²) in [4.78, 5) is 0. The highest BCUT2D eigenvalue weighted by Gasteiger charge is 2.23. The average molecular weight is 511 g/mol. The Kier molecular flexibility index (Phi) is 2.72. The van der Waals surface area contributed by atoms with Gasteiger partial charge in [0.15, 0.2) is 0 Å². The first-order chi connectivity index (χ1) is 25.2. The van der Waals surface area contributed by atoms with Gasteiger partial charge in [-0.3, -0.25) is 0 Å². The smallest absolute Gasteiger partial charge is 0.136 e. The summed E-state index contributed by atoms with van der Waals surface area (Å²) < 4.78 is 130. The molecule has 1 heteroatoms. The molecule has 1 nitrogen and oxygen atoms in total. The molecule has 0 aliphatic rings. The van der Waals surface area contributed by atoms with Gasteiger partial charge in [0.05, 0.1) is 19.2 Å². The Labute approximate surface area is 246 Å². The van der Waals surface area contributed by atoms with Gasteiger partial charge in [0.1, 0.15) is 11.2 Å². The Hall–Kier alpha value is -5.14. The first-order valence-corrected chi connectivity index (χ1v) is 12.2. The van der Waals surface area contributed by atoms with Crippen LogP contribution in [0.5, 0.6) is 0 Å². The third-order valence-corrected chi connectivity index (χ3v) is 6.94. The number of hydrogen-bond acceptors (Lipinski definition) is 1. The van der Waals surface area contributed by atoms with Crippen molar-refractivity contribution in [1.82, 2.24) is 0 Å². The Bertz CT molecular complexity index is 2820. The van der Waals surface area contributed by atoms with Crippen molar-refractivity contribution in [3.05, 3.63) is 145 Å². The largest absolute Gasteiger partial charge is 0.456 e. The van der Waals surface area contributed by atoms with E-state index in [1.807, 2.05) is 0 Å². The van der Waals surface area contributed by atoms with E-state index in [9.17, 15) is 5.48 Å². The predicted molar refractivity (Wildman–Crippen MR) is 165 cm³/mol. The third-order valence-electron chi connectivity index (χ3n) is 6.94. The summed E-state index contributed by atoms with van der Waals surface area (Å²) in [6, 6.07) is 8.74. The number of para-hydroxylation sites is 1. The quantitative estimate of drug-likeness (QED) is 0.215. The van der Waals surface area contributed by atoms with Gasteiger partial charge in [0.25, 0.3) is 0 Å². The fourth-order valence-corrected chi connectivity index (χ4v) is 5.39. The van der Waals surface area contributed by atoms with Gasteiger partial charge < -0.3 is 4.42 Å². The lowest BCUT2D eigenvalue weighted by Gasteiger charge is -2.20. The number of fused-ring (bicyclic) bond motifs is 5. The lowest BCUT2D eigenvalue weighted by atomic mass is 9.82. The topological polar surface area (TPSA) is 13.1 Å². The van der Waals surface area contributed by atoms with Gasteiger partial charge in [0, 0.05) is 16.3 Å². The van der Waals surface area contributed by atoms with Crippen LogP contribution < -0.4 is 0 Å². The van der Waals surface area contributed by atoms with Gasteiger partial charge in [-0.15, -0.1) is 0 Å². The fraction of sp³-hybridized carbons (Fsp3) is 0. The molecule has 7 aromatic carbocycles. The second-order valence-electron chi connectivity index (χ2n) is 9.00. The molecule has 1 aromatic heterocycles. The summed E-state index contributed by atoms with van der Waals surface area (Å²) in [6.07, 6.45) is 0. The Morgan fingerprint density at radius 2 is 1.03 bits per heavy atom. The molecule has 0 aliphatic carbocycles. The zero-order valence-corrected chi connectivity index (χ0v) is 20.2. The van der Waals surface area contributed by atoms with E-state index in [0.717, 1.165) is 0 Å². The highest BCUT2D eigenvalue weighted by atomic mass is 16.3. The minimum Gasteiger partial charge on any atom is -0.456 e. The Morgan fingerprint density at radius 1 is 0.410 bits per heavy atom. The molecule has 0 amide bonds. The van der Waals surface area contributed by atoms with Crippen molar-refractivity contribution < 1.29 is 23.6 Å². The van der Waals surface area contributed by atoms with Gasteiger partial charge in [-0.25, -0.2) is 0 Å². The highest BCUT2D eigenvalue weighted by molar-refractivity contribution is 6.27. The summed E-state index contributed by atoms with van der Waals surface area (Å²) in [5.74, 6) is 0. The highest BCUT2D eigenvalue weighted by Crippen LogP contribution is 2.49. The lowest BCUT2D eigenvalue weighted by Crippen LogP contribution is -1.93. The van der Waals surface area contributed by atoms with Crippen LogP contribution in [-0.2, 0) is 0 Å². The van der Waals surface area contributed by atoms with E-state index in [4.69, 9.17) is 18.1 Å². The molecule has 0 spiro atoms. The zero-order valence-electron chi connectivity index (χ0n) is 34.2. The molecule has 1 heterocycles. The van der Waals surface area contributed by atoms with E-state index in [1.54, 1.807) is 42.5 Å². The van der Waals surface area contributed by atoms with E-state index in [1.165, 1.54) is 18.2 Å². The SMILES string of the molecule is [2H]c1ccc(-c2c3c([2H])c([2H])c([2H])c([2H])c3c(-c3c(-c4c([2H])c([2H])c([2H])c([2H])c4[2H])ccc4oc5ccccc5c34)c3c([2H])c([2H])c([2H])c([2H])c23)cc1. The van der Waals surface area contributed by atoms with Crippen molar-refractivity contribution in [2.24, 2.45) is 0 Å². The van der Waals surface area contributed by atoms with Crippen LogP contribution in [0, 0.1) is 0 Å². The molecule has 0 saturated carbocycles. The van der Waals surface area contributed by atoms with Crippen molar-refractivity contribution in [2.75, 3.05) is 0 Å². The van der Waals surface area contributed by atoms with Crippen LogP contribution in [-0.4, -0.2) is 0 Å². The molecule has 0 N–H and O–H groups in total. The molecule has 0 atom stereocenters. The molecule has 8 aromatic rings. The lowest BCUT2D eigenvalue weighted by molar-refractivity contribution is 0.669. The molecule has 0 unspecified atom stereocenters. The fourth-order valence-electron chi connectivity index (χ4n) is 5.39. The standard InChI is InChI=1S/C38H24O/c1-3-13-25(14-4-1)27-23-24-34-37(32-21-11-12-22-33(32)39-34)38(27)36-30-19-9-7-17-28(30)35(26-15-5-2-6-16-26)29-18-8-10-20-31(29)36/h1-24H/i1D,2D,3D,4D,7D,8D,9D,10D,13D,14D,17D,18D,19D,20D. The summed E-state index contributed by atoms with van der Waals surface area (Å²) in [6.45, 7) is 0. The second-order valence-corrected chi connectivity index (χ2v) is 9.00. The van der Waals surface area contributed by atoms with Crippen molar-refractivity contribution in [2.45, 2.75) is 0 Å². The number of rotatable bonds is 3. The van der Waals surface area contributed by atoms with E-state index in [0.29, 0.717) is 21.9 Å². The number of furan rings is 1. The van der Waals surface area contributed by atoms with Crippen LogP contribution in [0.2, 0.25) is 0 Å². The summed E-state index contributed by atoms with van der Waals surface area (Å²) in [5, 5.41) is 0.453.